The lowest BCUT2D eigenvalue weighted by atomic mass is 9.41. The molecule has 0 radical (unpaired) electrons. The van der Waals surface area contributed by atoms with Crippen LogP contribution in [-0.2, 0) is 19.1 Å². The van der Waals surface area contributed by atoms with Crippen LogP contribution >= 0.6 is 0 Å². The van der Waals surface area contributed by atoms with E-state index in [4.69, 9.17) is 4.74 Å². The Balaban J connectivity index is 1.79. The van der Waals surface area contributed by atoms with Gasteiger partial charge < -0.3 is 4.74 Å². The third-order valence-electron chi connectivity index (χ3n) is 9.10. The van der Waals surface area contributed by atoms with Crippen molar-refractivity contribution in [2.75, 3.05) is 0 Å². The summed E-state index contributed by atoms with van der Waals surface area (Å²) in [5, 5.41) is 0. The predicted molar refractivity (Wildman–Crippen MR) is 102 cm³/mol. The van der Waals surface area contributed by atoms with Crippen molar-refractivity contribution in [3.05, 3.63) is 0 Å². The largest absolute Gasteiger partial charge is 0.393 e. The molecule has 0 aromatic heterocycles. The summed E-state index contributed by atoms with van der Waals surface area (Å²) < 4.78 is 5.02. The number of ketones is 1. The van der Waals surface area contributed by atoms with Crippen LogP contribution in [0.1, 0.15) is 79.6 Å². The average Bonchev–Trinajstić information content (AvgIpc) is 3.24. The van der Waals surface area contributed by atoms with E-state index in [0.717, 1.165) is 44.9 Å². The van der Waals surface area contributed by atoms with Gasteiger partial charge in [0.15, 0.2) is 0 Å². The molecule has 0 amide bonds. The zero-order chi connectivity index (χ0) is 19.8. The van der Waals surface area contributed by atoms with Crippen LogP contribution in [0.15, 0.2) is 0 Å². The number of carbonyl (C=O) groups excluding carboxylic acids is 3. The van der Waals surface area contributed by atoms with Gasteiger partial charge in [-0.25, -0.2) is 0 Å². The zero-order valence-electron chi connectivity index (χ0n) is 17.5. The molecule has 0 aromatic carbocycles. The number of fused-ring (bicyclic) bond motifs is 6. The SMILES string of the molecule is CCCCC1C(=O)C2(CC3CC2C2C(=O)OC(=O)C32)C(C)(CC)CC1(C)C. The quantitative estimate of drug-likeness (QED) is 0.535. The Bertz CT molecular complexity index is 694. The first kappa shape index (κ1) is 19.1. The van der Waals surface area contributed by atoms with Crippen molar-refractivity contribution in [2.45, 2.75) is 79.6 Å². The Kier molecular flexibility index (Phi) is 4.19. The third-order valence-corrected chi connectivity index (χ3v) is 9.10. The van der Waals surface area contributed by atoms with Gasteiger partial charge in [0, 0.05) is 11.3 Å². The van der Waals surface area contributed by atoms with Crippen molar-refractivity contribution in [2.24, 2.45) is 45.8 Å². The fourth-order valence-electron chi connectivity index (χ4n) is 7.93. The van der Waals surface area contributed by atoms with Crippen LogP contribution in [0.2, 0.25) is 0 Å². The third kappa shape index (κ3) is 2.25. The molecule has 4 heteroatoms. The van der Waals surface area contributed by atoms with Gasteiger partial charge >= 0.3 is 11.9 Å². The predicted octanol–water partition coefficient (Wildman–Crippen LogP) is 4.55. The molecule has 3 aliphatic carbocycles. The average molecular weight is 375 g/mol. The summed E-state index contributed by atoms with van der Waals surface area (Å²) >= 11 is 0. The number of rotatable bonds is 4. The molecule has 7 atom stereocenters. The van der Waals surface area contributed by atoms with Crippen molar-refractivity contribution in [3.8, 4) is 0 Å². The second-order valence-electron chi connectivity index (χ2n) is 10.7. The Hall–Kier alpha value is -1.19. The molecule has 4 rings (SSSR count). The fraction of sp³-hybridized carbons (Fsp3) is 0.870. The van der Waals surface area contributed by atoms with Crippen LogP contribution in [0.5, 0.6) is 0 Å². The minimum absolute atomic E-state index is 0.0101. The van der Waals surface area contributed by atoms with Gasteiger partial charge in [-0.3, -0.25) is 14.4 Å². The number of esters is 2. The molecular formula is C23H34O4. The van der Waals surface area contributed by atoms with Crippen LogP contribution in [0.4, 0.5) is 0 Å². The van der Waals surface area contributed by atoms with Gasteiger partial charge in [0.05, 0.1) is 11.8 Å². The van der Waals surface area contributed by atoms with Crippen molar-refractivity contribution in [3.63, 3.8) is 0 Å². The minimum atomic E-state index is -0.453. The number of ether oxygens (including phenoxy) is 1. The van der Waals surface area contributed by atoms with Crippen molar-refractivity contribution in [1.82, 2.24) is 0 Å². The molecular weight excluding hydrogens is 340 g/mol. The number of Topliss-reactive ketones (excluding diaryl/α,β-unsaturated/α-hetero) is 1. The lowest BCUT2D eigenvalue weighted by molar-refractivity contribution is -0.175. The number of hydrogen-bond donors (Lipinski definition) is 0. The second-order valence-corrected chi connectivity index (χ2v) is 10.7. The molecule has 150 valence electrons. The molecule has 1 spiro atoms. The van der Waals surface area contributed by atoms with Gasteiger partial charge in [0.2, 0.25) is 0 Å². The molecule has 3 saturated carbocycles. The van der Waals surface area contributed by atoms with E-state index in [1.165, 1.54) is 0 Å². The number of unbranched alkanes of at least 4 members (excludes halogenated alkanes) is 1. The molecule has 0 aromatic rings. The maximum atomic E-state index is 14.2. The summed E-state index contributed by atoms with van der Waals surface area (Å²) in [7, 11) is 0. The van der Waals surface area contributed by atoms with Crippen molar-refractivity contribution >= 4 is 17.7 Å². The Morgan fingerprint density at radius 2 is 1.70 bits per heavy atom. The summed E-state index contributed by atoms with van der Waals surface area (Å²) in [5.74, 6) is -0.775. The Labute approximate surface area is 162 Å². The highest BCUT2D eigenvalue weighted by atomic mass is 16.6. The molecule has 1 heterocycles. The molecule has 27 heavy (non-hydrogen) atoms. The van der Waals surface area contributed by atoms with Crippen molar-refractivity contribution < 1.29 is 19.1 Å². The van der Waals surface area contributed by atoms with E-state index in [9.17, 15) is 14.4 Å². The van der Waals surface area contributed by atoms with Gasteiger partial charge in [0.1, 0.15) is 5.78 Å². The van der Waals surface area contributed by atoms with E-state index in [1.807, 2.05) is 0 Å². The smallest absolute Gasteiger partial charge is 0.317 e. The number of hydrogen-bond acceptors (Lipinski definition) is 4. The molecule has 4 aliphatic rings. The molecule has 7 unspecified atom stereocenters. The molecule has 1 saturated heterocycles. The van der Waals surface area contributed by atoms with Crippen molar-refractivity contribution in [1.29, 1.82) is 0 Å². The molecule has 0 N–H and O–H groups in total. The minimum Gasteiger partial charge on any atom is -0.393 e. The van der Waals surface area contributed by atoms with Gasteiger partial charge in [0.25, 0.3) is 0 Å². The van der Waals surface area contributed by atoms with Gasteiger partial charge in [-0.2, -0.15) is 0 Å². The van der Waals surface area contributed by atoms with E-state index >= 15 is 0 Å². The molecule has 1 aliphatic heterocycles. The first-order valence-corrected chi connectivity index (χ1v) is 10.9. The number of carbonyl (C=O) groups is 3. The van der Waals surface area contributed by atoms with Gasteiger partial charge in [-0.15, -0.1) is 0 Å². The zero-order valence-corrected chi connectivity index (χ0v) is 17.5. The fourth-order valence-corrected chi connectivity index (χ4v) is 7.93. The highest BCUT2D eigenvalue weighted by Gasteiger charge is 2.76. The highest BCUT2D eigenvalue weighted by molar-refractivity contribution is 6.00. The summed E-state index contributed by atoms with van der Waals surface area (Å²) in [4.78, 5) is 38.9. The standard InChI is InChI=1S/C23H34O4/c1-6-8-9-14-18(24)23(22(5,7-2)12-21(14,3)4)11-13-10-15(23)17-16(13)19(25)27-20(17)26/h13-17H,6-12H2,1-5H3. The van der Waals surface area contributed by atoms with Crippen LogP contribution in [0, 0.1) is 45.8 Å². The number of cyclic esters (lactones) is 2. The monoisotopic (exact) mass is 374 g/mol. The van der Waals surface area contributed by atoms with E-state index in [1.54, 1.807) is 0 Å². The summed E-state index contributed by atoms with van der Waals surface area (Å²) in [6.07, 6.45) is 6.68. The normalized spacial score (nSPS) is 47.6. The van der Waals surface area contributed by atoms with Crippen LogP contribution in [-0.4, -0.2) is 17.7 Å². The lowest BCUT2D eigenvalue weighted by Gasteiger charge is -2.61. The van der Waals surface area contributed by atoms with E-state index in [-0.39, 0.29) is 52.4 Å². The lowest BCUT2D eigenvalue weighted by Crippen LogP contribution is -2.62. The highest BCUT2D eigenvalue weighted by Crippen LogP contribution is 2.74. The van der Waals surface area contributed by atoms with E-state index in [2.05, 4.69) is 34.6 Å². The van der Waals surface area contributed by atoms with E-state index < -0.39 is 5.41 Å². The first-order valence-electron chi connectivity index (χ1n) is 10.9. The summed E-state index contributed by atoms with van der Waals surface area (Å²) in [5.41, 5.74) is -0.590. The molecule has 4 fully saturated rings. The summed E-state index contributed by atoms with van der Waals surface area (Å²) in [6, 6.07) is 0. The van der Waals surface area contributed by atoms with Gasteiger partial charge in [-0.1, -0.05) is 47.5 Å². The van der Waals surface area contributed by atoms with Gasteiger partial charge in [-0.05, 0) is 54.8 Å². The first-order chi connectivity index (χ1) is 12.6. The van der Waals surface area contributed by atoms with Crippen LogP contribution in [0.25, 0.3) is 0 Å². The molecule has 2 bridgehead atoms. The Morgan fingerprint density at radius 1 is 1.04 bits per heavy atom. The van der Waals surface area contributed by atoms with Crippen LogP contribution < -0.4 is 0 Å². The molecule has 4 nitrogen and oxygen atoms in total. The maximum absolute atomic E-state index is 14.2. The second kappa shape index (κ2) is 5.90. The Morgan fingerprint density at radius 3 is 2.33 bits per heavy atom. The van der Waals surface area contributed by atoms with Crippen LogP contribution in [0.3, 0.4) is 0 Å². The summed E-state index contributed by atoms with van der Waals surface area (Å²) in [6.45, 7) is 11.2. The maximum Gasteiger partial charge on any atom is 0.317 e. The van der Waals surface area contributed by atoms with E-state index in [0.29, 0.717) is 5.78 Å². The topological polar surface area (TPSA) is 60.4 Å².